The van der Waals surface area contributed by atoms with Crippen molar-refractivity contribution in [2.45, 2.75) is 12.2 Å². The average Bonchev–Trinajstić information content (AvgIpc) is 2.69. The van der Waals surface area contributed by atoms with E-state index in [2.05, 4.69) is 15.2 Å². The number of rotatable bonds is 3. The molecule has 27 heavy (non-hydrogen) atoms. The molecule has 1 fully saturated rings. The van der Waals surface area contributed by atoms with Gasteiger partial charge in [-0.15, -0.1) is 0 Å². The number of fused-ring (bicyclic) bond motifs is 1. The molecule has 1 aliphatic heterocycles. The topological polar surface area (TPSA) is 28.2 Å². The molecular formula is C21H20F3N3. The molecule has 0 bridgehead atoms. The van der Waals surface area contributed by atoms with Crippen LogP contribution in [0.2, 0.25) is 0 Å². The molecule has 140 valence electrons. The summed E-state index contributed by atoms with van der Waals surface area (Å²) in [5.74, 6) is 0. The molecule has 0 spiro atoms. The smallest absolute Gasteiger partial charge is 0.314 e. The Morgan fingerprint density at radius 2 is 1.74 bits per heavy atom. The molecule has 2 aromatic carbocycles. The molecule has 1 atom stereocenters. The van der Waals surface area contributed by atoms with Gasteiger partial charge in [-0.1, -0.05) is 30.3 Å². The lowest BCUT2D eigenvalue weighted by Gasteiger charge is -2.36. The lowest BCUT2D eigenvalue weighted by Crippen LogP contribution is -2.45. The van der Waals surface area contributed by atoms with Crippen LogP contribution in [0.4, 0.5) is 13.2 Å². The number of halogens is 3. The van der Waals surface area contributed by atoms with Gasteiger partial charge in [-0.25, -0.2) is 0 Å². The van der Waals surface area contributed by atoms with E-state index < -0.39 is 17.8 Å². The van der Waals surface area contributed by atoms with Gasteiger partial charge >= 0.3 is 6.18 Å². The minimum absolute atomic E-state index is 0.306. The largest absolute Gasteiger partial charge is 0.416 e. The highest BCUT2D eigenvalue weighted by molar-refractivity contribution is 5.82. The zero-order valence-corrected chi connectivity index (χ0v) is 14.7. The van der Waals surface area contributed by atoms with Crippen LogP contribution in [0.15, 0.2) is 60.9 Å². The summed E-state index contributed by atoms with van der Waals surface area (Å²) in [7, 11) is 0. The van der Waals surface area contributed by atoms with Crippen molar-refractivity contribution in [3.05, 3.63) is 77.6 Å². The summed E-state index contributed by atoms with van der Waals surface area (Å²) in [4.78, 5) is 6.24. The van der Waals surface area contributed by atoms with Crippen molar-refractivity contribution in [2.24, 2.45) is 0 Å². The van der Waals surface area contributed by atoms with E-state index in [1.165, 1.54) is 12.1 Å². The normalized spacial score (nSPS) is 17.1. The highest BCUT2D eigenvalue weighted by Gasteiger charge is 2.37. The van der Waals surface area contributed by atoms with E-state index in [4.69, 9.17) is 0 Å². The molecule has 1 aromatic heterocycles. The first-order valence-electron chi connectivity index (χ1n) is 8.98. The van der Waals surface area contributed by atoms with Crippen LogP contribution in [0.1, 0.15) is 22.7 Å². The number of hydrogen-bond donors (Lipinski definition) is 1. The van der Waals surface area contributed by atoms with Crippen molar-refractivity contribution in [2.75, 3.05) is 26.2 Å². The van der Waals surface area contributed by atoms with Gasteiger partial charge < -0.3 is 5.32 Å². The van der Waals surface area contributed by atoms with Gasteiger partial charge in [0.15, 0.2) is 0 Å². The Kier molecular flexibility index (Phi) is 4.85. The fraction of sp³-hybridized carbons (Fsp3) is 0.286. The van der Waals surface area contributed by atoms with E-state index >= 15 is 0 Å². The molecule has 6 heteroatoms. The van der Waals surface area contributed by atoms with Crippen LogP contribution in [0.25, 0.3) is 10.8 Å². The third-order valence-electron chi connectivity index (χ3n) is 5.06. The van der Waals surface area contributed by atoms with E-state index in [-0.39, 0.29) is 0 Å². The van der Waals surface area contributed by atoms with Crippen molar-refractivity contribution < 1.29 is 13.2 Å². The van der Waals surface area contributed by atoms with Gasteiger partial charge in [0.25, 0.3) is 0 Å². The summed E-state index contributed by atoms with van der Waals surface area (Å²) in [5, 5.41) is 5.23. The van der Waals surface area contributed by atoms with E-state index in [0.29, 0.717) is 18.7 Å². The maximum atomic E-state index is 13.7. The van der Waals surface area contributed by atoms with Gasteiger partial charge in [0.1, 0.15) is 0 Å². The monoisotopic (exact) mass is 371 g/mol. The molecule has 1 aliphatic rings. The molecule has 1 unspecified atom stereocenters. The predicted molar refractivity (Wildman–Crippen MR) is 99.5 cm³/mol. The third-order valence-corrected chi connectivity index (χ3v) is 5.06. The van der Waals surface area contributed by atoms with Crippen molar-refractivity contribution in [3.8, 4) is 0 Å². The summed E-state index contributed by atoms with van der Waals surface area (Å²) in [6.45, 7) is 2.93. The summed E-state index contributed by atoms with van der Waals surface area (Å²) in [6.07, 6.45) is -0.915. The van der Waals surface area contributed by atoms with Crippen LogP contribution < -0.4 is 5.32 Å². The number of benzene rings is 2. The first kappa shape index (κ1) is 17.9. The van der Waals surface area contributed by atoms with Crippen LogP contribution in [-0.2, 0) is 6.18 Å². The lowest BCUT2D eigenvalue weighted by molar-refractivity contribution is -0.138. The molecular weight excluding hydrogens is 351 g/mol. The van der Waals surface area contributed by atoms with Gasteiger partial charge in [0, 0.05) is 44.0 Å². The molecule has 0 radical (unpaired) electrons. The van der Waals surface area contributed by atoms with E-state index in [1.54, 1.807) is 24.5 Å². The third kappa shape index (κ3) is 3.68. The van der Waals surface area contributed by atoms with Crippen LogP contribution in [-0.4, -0.2) is 36.1 Å². The van der Waals surface area contributed by atoms with Gasteiger partial charge in [-0.2, -0.15) is 13.2 Å². The lowest BCUT2D eigenvalue weighted by atomic mass is 9.91. The molecule has 0 saturated carbocycles. The first-order valence-corrected chi connectivity index (χ1v) is 8.98. The second-order valence-corrected chi connectivity index (χ2v) is 6.76. The zero-order valence-electron chi connectivity index (χ0n) is 14.7. The maximum Gasteiger partial charge on any atom is 0.416 e. The number of alkyl halides is 3. The highest BCUT2D eigenvalue weighted by Crippen LogP contribution is 2.39. The van der Waals surface area contributed by atoms with Crippen molar-refractivity contribution >= 4 is 10.8 Å². The number of nitrogens with zero attached hydrogens (tertiary/aromatic N) is 2. The van der Waals surface area contributed by atoms with Crippen LogP contribution >= 0.6 is 0 Å². The molecule has 4 rings (SSSR count). The SMILES string of the molecule is FC(F)(F)c1ccccc1C(c1ccc2cnccc2c1)N1CCNCC1. The number of nitrogens with one attached hydrogen (secondary N) is 1. The van der Waals surface area contributed by atoms with Crippen molar-refractivity contribution in [1.82, 2.24) is 15.2 Å². The summed E-state index contributed by atoms with van der Waals surface area (Å²) in [6, 6.07) is 13.2. The summed E-state index contributed by atoms with van der Waals surface area (Å²) < 4.78 is 41.1. The standard InChI is InChI=1S/C21H20F3N3/c22-21(23,24)19-4-2-1-3-18(19)20(27-11-9-25-10-12-27)16-5-6-17-14-26-8-7-15(17)13-16/h1-8,13-14,20,25H,9-12H2. The van der Waals surface area contributed by atoms with Crippen LogP contribution in [0.5, 0.6) is 0 Å². The molecule has 3 nitrogen and oxygen atoms in total. The van der Waals surface area contributed by atoms with Gasteiger partial charge in [0.05, 0.1) is 11.6 Å². The second-order valence-electron chi connectivity index (χ2n) is 6.76. The van der Waals surface area contributed by atoms with E-state index in [0.717, 1.165) is 29.4 Å². The number of aromatic nitrogens is 1. The fourth-order valence-corrected chi connectivity index (χ4v) is 3.79. The van der Waals surface area contributed by atoms with Crippen molar-refractivity contribution in [3.63, 3.8) is 0 Å². The Bertz CT molecular complexity index is 933. The minimum Gasteiger partial charge on any atom is -0.314 e. The van der Waals surface area contributed by atoms with Crippen molar-refractivity contribution in [1.29, 1.82) is 0 Å². The quantitative estimate of drug-likeness (QED) is 0.746. The second kappa shape index (κ2) is 7.29. The highest BCUT2D eigenvalue weighted by atomic mass is 19.4. The first-order chi connectivity index (χ1) is 13.0. The van der Waals surface area contributed by atoms with Gasteiger partial charge in [-0.3, -0.25) is 9.88 Å². The number of piperazine rings is 1. The number of hydrogen-bond acceptors (Lipinski definition) is 3. The average molecular weight is 371 g/mol. The summed E-state index contributed by atoms with van der Waals surface area (Å²) in [5.41, 5.74) is 0.607. The van der Waals surface area contributed by atoms with E-state index in [9.17, 15) is 13.2 Å². The molecule has 2 heterocycles. The van der Waals surface area contributed by atoms with Crippen LogP contribution in [0, 0.1) is 0 Å². The zero-order chi connectivity index (χ0) is 18.9. The molecule has 1 N–H and O–H groups in total. The minimum atomic E-state index is -4.39. The predicted octanol–water partition coefficient (Wildman–Crippen LogP) is 4.25. The Balaban J connectivity index is 1.87. The van der Waals surface area contributed by atoms with Crippen LogP contribution in [0.3, 0.4) is 0 Å². The van der Waals surface area contributed by atoms with Gasteiger partial charge in [-0.05, 0) is 34.7 Å². The molecule has 0 aliphatic carbocycles. The number of pyridine rings is 1. The summed E-state index contributed by atoms with van der Waals surface area (Å²) >= 11 is 0. The Morgan fingerprint density at radius 1 is 0.963 bits per heavy atom. The van der Waals surface area contributed by atoms with Gasteiger partial charge in [0.2, 0.25) is 0 Å². The Morgan fingerprint density at radius 3 is 2.52 bits per heavy atom. The Labute approximate surface area is 155 Å². The fourth-order valence-electron chi connectivity index (χ4n) is 3.79. The van der Waals surface area contributed by atoms with E-state index in [1.807, 2.05) is 24.3 Å². The Hall–Kier alpha value is -2.44. The molecule has 0 amide bonds. The maximum absolute atomic E-state index is 13.7. The molecule has 3 aromatic rings. The molecule has 1 saturated heterocycles.